The first-order chi connectivity index (χ1) is 8.26. The van der Waals surface area contributed by atoms with Gasteiger partial charge in [-0.15, -0.1) is 0 Å². The lowest BCUT2D eigenvalue weighted by Gasteiger charge is -2.15. The van der Waals surface area contributed by atoms with E-state index in [2.05, 4.69) is 5.32 Å². The lowest BCUT2D eigenvalue weighted by molar-refractivity contribution is -0.129. The molecule has 0 spiro atoms. The van der Waals surface area contributed by atoms with Crippen molar-refractivity contribution in [1.82, 2.24) is 5.32 Å². The first-order valence-electron chi connectivity index (χ1n) is 6.59. The molecule has 0 radical (unpaired) electrons. The fraction of sp³-hybridized carbons (Fsp3) is 0.923. The summed E-state index contributed by atoms with van der Waals surface area (Å²) in [7, 11) is 3.18. The lowest BCUT2D eigenvalue weighted by Crippen LogP contribution is -2.36. The molecule has 4 nitrogen and oxygen atoms in total. The molecule has 0 aromatic rings. The monoisotopic (exact) mass is 239 g/mol. The number of carbonyl (C=O) groups excluding carboxylic acids is 1. The standard InChI is InChI=1S/C13H21NO3/c1-16-9(17-2)6-14-13(15)12-10-7-3-4-8(5-7)11(10)12/h7-12H,3-6H2,1-2H3,(H,14,15). The van der Waals surface area contributed by atoms with Gasteiger partial charge in [0.2, 0.25) is 5.91 Å². The summed E-state index contributed by atoms with van der Waals surface area (Å²) < 4.78 is 10.1. The van der Waals surface area contributed by atoms with E-state index in [9.17, 15) is 4.79 Å². The predicted molar refractivity (Wildman–Crippen MR) is 62.1 cm³/mol. The molecular weight excluding hydrogens is 218 g/mol. The Morgan fingerprint density at radius 1 is 1.24 bits per heavy atom. The van der Waals surface area contributed by atoms with Crippen LogP contribution in [0.5, 0.6) is 0 Å². The normalized spacial score (nSPS) is 41.7. The zero-order valence-corrected chi connectivity index (χ0v) is 10.5. The molecule has 3 aliphatic carbocycles. The molecular formula is C13H21NO3. The Bertz CT molecular complexity index is 300. The minimum absolute atomic E-state index is 0.218. The van der Waals surface area contributed by atoms with Gasteiger partial charge in [0.15, 0.2) is 6.29 Å². The van der Waals surface area contributed by atoms with Crippen LogP contribution >= 0.6 is 0 Å². The van der Waals surface area contributed by atoms with Gasteiger partial charge in [-0.1, -0.05) is 0 Å². The van der Waals surface area contributed by atoms with Crippen molar-refractivity contribution in [1.29, 1.82) is 0 Å². The van der Waals surface area contributed by atoms with Crippen LogP contribution in [0.15, 0.2) is 0 Å². The summed E-state index contributed by atoms with van der Waals surface area (Å²) in [5, 5.41) is 2.96. The van der Waals surface area contributed by atoms with Gasteiger partial charge in [0.25, 0.3) is 0 Å². The summed E-state index contributed by atoms with van der Waals surface area (Å²) >= 11 is 0. The van der Waals surface area contributed by atoms with Crippen LogP contribution in [0.4, 0.5) is 0 Å². The van der Waals surface area contributed by atoms with E-state index >= 15 is 0 Å². The Morgan fingerprint density at radius 2 is 1.82 bits per heavy atom. The van der Waals surface area contributed by atoms with Crippen LogP contribution < -0.4 is 5.32 Å². The third kappa shape index (κ3) is 1.78. The van der Waals surface area contributed by atoms with E-state index in [0.29, 0.717) is 24.3 Å². The molecule has 3 aliphatic rings. The first kappa shape index (κ1) is 11.5. The number of nitrogens with one attached hydrogen (secondary N) is 1. The number of amides is 1. The number of fused-ring (bicyclic) bond motifs is 5. The summed E-state index contributed by atoms with van der Waals surface area (Å²) in [6, 6.07) is 0. The highest BCUT2D eigenvalue weighted by Crippen LogP contribution is 2.69. The number of rotatable bonds is 5. The van der Waals surface area contributed by atoms with Gasteiger partial charge in [0, 0.05) is 20.1 Å². The molecule has 4 unspecified atom stereocenters. The lowest BCUT2D eigenvalue weighted by atomic mass is 10.0. The van der Waals surface area contributed by atoms with Gasteiger partial charge >= 0.3 is 0 Å². The number of ether oxygens (including phenoxy) is 2. The molecule has 0 aliphatic heterocycles. The van der Waals surface area contributed by atoms with Gasteiger partial charge in [-0.2, -0.15) is 0 Å². The number of hydrogen-bond donors (Lipinski definition) is 1. The summed E-state index contributed by atoms with van der Waals surface area (Å²) in [5.41, 5.74) is 0. The average molecular weight is 239 g/mol. The molecule has 4 atom stereocenters. The number of carbonyl (C=O) groups is 1. The molecule has 0 aromatic carbocycles. The highest BCUT2D eigenvalue weighted by molar-refractivity contribution is 5.82. The van der Waals surface area contributed by atoms with E-state index in [1.807, 2.05) is 0 Å². The molecule has 17 heavy (non-hydrogen) atoms. The van der Waals surface area contributed by atoms with Crippen LogP contribution in [-0.4, -0.2) is 33.0 Å². The van der Waals surface area contributed by atoms with E-state index in [-0.39, 0.29) is 12.2 Å². The second-order valence-corrected chi connectivity index (χ2v) is 5.66. The van der Waals surface area contributed by atoms with E-state index < -0.39 is 0 Å². The SMILES string of the molecule is COC(CNC(=O)C1C2C3CCC(C3)C12)OC. The Morgan fingerprint density at radius 3 is 2.35 bits per heavy atom. The van der Waals surface area contributed by atoms with E-state index in [4.69, 9.17) is 9.47 Å². The molecule has 2 bridgehead atoms. The minimum Gasteiger partial charge on any atom is -0.354 e. The first-order valence-corrected chi connectivity index (χ1v) is 6.59. The Hall–Kier alpha value is -0.610. The molecule has 0 aromatic heterocycles. The molecule has 1 N–H and O–H groups in total. The van der Waals surface area contributed by atoms with E-state index in [1.165, 1.54) is 19.3 Å². The molecule has 1 amide bonds. The Kier molecular flexibility index (Phi) is 2.87. The van der Waals surface area contributed by atoms with E-state index in [1.54, 1.807) is 14.2 Å². The average Bonchev–Trinajstić information content (AvgIpc) is 2.79. The van der Waals surface area contributed by atoms with Crippen LogP contribution in [0, 0.1) is 29.6 Å². The topological polar surface area (TPSA) is 47.6 Å². The number of hydrogen-bond acceptors (Lipinski definition) is 3. The maximum atomic E-state index is 12.1. The van der Waals surface area contributed by atoms with Crippen molar-refractivity contribution in [2.24, 2.45) is 29.6 Å². The molecule has 4 heteroatoms. The molecule has 0 heterocycles. The zero-order valence-electron chi connectivity index (χ0n) is 10.5. The van der Waals surface area contributed by atoms with Gasteiger partial charge < -0.3 is 14.8 Å². The zero-order chi connectivity index (χ0) is 12.0. The van der Waals surface area contributed by atoms with Gasteiger partial charge in [-0.05, 0) is 42.9 Å². The van der Waals surface area contributed by atoms with Crippen molar-refractivity contribution in [3.05, 3.63) is 0 Å². The second-order valence-electron chi connectivity index (χ2n) is 5.66. The van der Waals surface area contributed by atoms with Crippen LogP contribution in [0.2, 0.25) is 0 Å². The van der Waals surface area contributed by atoms with Gasteiger partial charge in [0.05, 0.1) is 6.54 Å². The predicted octanol–water partition coefficient (Wildman–Crippen LogP) is 1.01. The summed E-state index contributed by atoms with van der Waals surface area (Å²) in [4.78, 5) is 12.1. The van der Waals surface area contributed by atoms with Crippen LogP contribution in [0.3, 0.4) is 0 Å². The van der Waals surface area contributed by atoms with Gasteiger partial charge in [0.1, 0.15) is 0 Å². The minimum atomic E-state index is -0.325. The van der Waals surface area contributed by atoms with Crippen molar-refractivity contribution < 1.29 is 14.3 Å². The fourth-order valence-corrected chi connectivity index (χ4v) is 4.24. The van der Waals surface area contributed by atoms with Crippen molar-refractivity contribution in [2.75, 3.05) is 20.8 Å². The van der Waals surface area contributed by atoms with Crippen molar-refractivity contribution in [2.45, 2.75) is 25.6 Å². The summed E-state index contributed by atoms with van der Waals surface area (Å²) in [6.07, 6.45) is 3.77. The molecule has 3 saturated carbocycles. The second kappa shape index (κ2) is 4.25. The van der Waals surface area contributed by atoms with Crippen molar-refractivity contribution in [3.8, 4) is 0 Å². The van der Waals surface area contributed by atoms with Crippen LogP contribution in [0.1, 0.15) is 19.3 Å². The third-order valence-electron chi connectivity index (χ3n) is 5.01. The van der Waals surface area contributed by atoms with Crippen LogP contribution in [-0.2, 0) is 14.3 Å². The molecule has 0 saturated heterocycles. The molecule has 3 fully saturated rings. The third-order valence-corrected chi connectivity index (χ3v) is 5.01. The highest BCUT2D eigenvalue weighted by atomic mass is 16.7. The largest absolute Gasteiger partial charge is 0.354 e. The Labute approximate surface area is 102 Å². The van der Waals surface area contributed by atoms with Crippen molar-refractivity contribution in [3.63, 3.8) is 0 Å². The summed E-state index contributed by atoms with van der Waals surface area (Å²) in [6.45, 7) is 0.455. The maximum Gasteiger partial charge on any atom is 0.223 e. The van der Waals surface area contributed by atoms with E-state index in [0.717, 1.165) is 11.8 Å². The number of methoxy groups -OCH3 is 2. The smallest absolute Gasteiger partial charge is 0.223 e. The van der Waals surface area contributed by atoms with Gasteiger partial charge in [-0.3, -0.25) is 4.79 Å². The highest BCUT2D eigenvalue weighted by Gasteiger charge is 2.67. The molecule has 96 valence electrons. The fourth-order valence-electron chi connectivity index (χ4n) is 4.24. The summed E-state index contributed by atoms with van der Waals surface area (Å²) in [5.74, 6) is 3.63. The van der Waals surface area contributed by atoms with Crippen molar-refractivity contribution >= 4 is 5.91 Å². The quantitative estimate of drug-likeness (QED) is 0.728. The Balaban J connectivity index is 1.49. The van der Waals surface area contributed by atoms with Gasteiger partial charge in [-0.25, -0.2) is 0 Å². The maximum absolute atomic E-state index is 12.1. The van der Waals surface area contributed by atoms with Crippen LogP contribution in [0.25, 0.3) is 0 Å². The molecule has 3 rings (SSSR count).